The molecule has 0 bridgehead atoms. The highest BCUT2D eigenvalue weighted by atomic mass is 16.5. The topological polar surface area (TPSA) is 63.2 Å². The number of carbonyl (C=O) groups is 1. The van der Waals surface area contributed by atoms with Crippen LogP contribution in [0.3, 0.4) is 0 Å². The number of nitrogens with zero attached hydrogens (tertiary/aromatic N) is 1. The molecule has 1 aliphatic heterocycles. The fraction of sp³-hybridized carbons (Fsp3) is 0.375. The quantitative estimate of drug-likeness (QED) is 0.901. The Morgan fingerprint density at radius 3 is 3.05 bits per heavy atom. The van der Waals surface area contributed by atoms with Crippen molar-refractivity contribution in [2.24, 2.45) is 0 Å². The number of hydrogen-bond acceptors (Lipinski definition) is 4. The highest BCUT2D eigenvalue weighted by Crippen LogP contribution is 2.19. The zero-order valence-electron chi connectivity index (χ0n) is 12.1. The molecule has 0 saturated carbocycles. The molecule has 2 heterocycles. The van der Waals surface area contributed by atoms with Crippen LogP contribution in [0.2, 0.25) is 0 Å². The van der Waals surface area contributed by atoms with Gasteiger partial charge in [0.05, 0.1) is 12.6 Å². The summed E-state index contributed by atoms with van der Waals surface area (Å²) in [5.74, 6) is 0.677. The van der Waals surface area contributed by atoms with Crippen molar-refractivity contribution >= 4 is 16.8 Å². The number of amides is 1. The van der Waals surface area contributed by atoms with E-state index in [0.29, 0.717) is 5.69 Å². The van der Waals surface area contributed by atoms with Crippen LogP contribution in [-0.4, -0.2) is 37.1 Å². The maximum Gasteiger partial charge on any atom is 0.270 e. The van der Waals surface area contributed by atoms with Crippen LogP contribution in [0.4, 0.5) is 0 Å². The van der Waals surface area contributed by atoms with Gasteiger partial charge in [-0.05, 0) is 43.7 Å². The molecular weight excluding hydrogens is 266 g/mol. The molecule has 1 saturated heterocycles. The molecular formula is C16H19N3O2. The standard InChI is InChI=1S/C16H19N3O2/c1-21-13-5-7-14-11(9-13)4-6-15(19-14)16(20)18-12-3-2-8-17-10-12/h4-7,9,12,17H,2-3,8,10H2,1H3,(H,18,20)/t12-/m0/s1. The first kappa shape index (κ1) is 13.8. The lowest BCUT2D eigenvalue weighted by Crippen LogP contribution is -2.45. The molecule has 2 N–H and O–H groups in total. The minimum Gasteiger partial charge on any atom is -0.497 e. The number of aromatic nitrogens is 1. The number of rotatable bonds is 3. The van der Waals surface area contributed by atoms with Crippen molar-refractivity contribution in [1.29, 1.82) is 0 Å². The van der Waals surface area contributed by atoms with E-state index in [4.69, 9.17) is 4.74 Å². The van der Waals surface area contributed by atoms with Crippen LogP contribution in [0.15, 0.2) is 30.3 Å². The Morgan fingerprint density at radius 2 is 2.29 bits per heavy atom. The molecule has 3 rings (SSSR count). The zero-order valence-corrected chi connectivity index (χ0v) is 12.1. The third-order valence-corrected chi connectivity index (χ3v) is 3.76. The molecule has 0 aliphatic carbocycles. The lowest BCUT2D eigenvalue weighted by atomic mass is 10.1. The van der Waals surface area contributed by atoms with Gasteiger partial charge < -0.3 is 15.4 Å². The van der Waals surface area contributed by atoms with Gasteiger partial charge in [-0.1, -0.05) is 6.07 Å². The largest absolute Gasteiger partial charge is 0.497 e. The zero-order chi connectivity index (χ0) is 14.7. The Balaban J connectivity index is 1.78. The average molecular weight is 285 g/mol. The smallest absolute Gasteiger partial charge is 0.270 e. The minimum atomic E-state index is -0.110. The first-order valence-electron chi connectivity index (χ1n) is 7.22. The number of methoxy groups -OCH3 is 1. The minimum absolute atomic E-state index is 0.110. The van der Waals surface area contributed by atoms with Crippen molar-refractivity contribution in [1.82, 2.24) is 15.6 Å². The summed E-state index contributed by atoms with van der Waals surface area (Å²) in [6, 6.07) is 9.48. The maximum atomic E-state index is 12.3. The van der Waals surface area contributed by atoms with Crippen LogP contribution in [0.5, 0.6) is 5.75 Å². The molecule has 0 unspecified atom stereocenters. The predicted molar refractivity (Wildman–Crippen MR) is 81.7 cm³/mol. The van der Waals surface area contributed by atoms with Crippen LogP contribution < -0.4 is 15.4 Å². The Bertz CT molecular complexity index is 651. The normalized spacial score (nSPS) is 18.4. The van der Waals surface area contributed by atoms with Gasteiger partial charge in [0.2, 0.25) is 0 Å². The van der Waals surface area contributed by atoms with Crippen LogP contribution in [-0.2, 0) is 0 Å². The first-order valence-corrected chi connectivity index (χ1v) is 7.22. The number of fused-ring (bicyclic) bond motifs is 1. The lowest BCUT2D eigenvalue weighted by molar-refractivity contribution is 0.0926. The molecule has 2 aromatic rings. The summed E-state index contributed by atoms with van der Waals surface area (Å²) in [6.45, 7) is 1.86. The summed E-state index contributed by atoms with van der Waals surface area (Å²) in [4.78, 5) is 16.7. The summed E-state index contributed by atoms with van der Waals surface area (Å²) < 4.78 is 5.19. The van der Waals surface area contributed by atoms with Crippen molar-refractivity contribution in [3.63, 3.8) is 0 Å². The van der Waals surface area contributed by atoms with Crippen molar-refractivity contribution in [3.8, 4) is 5.75 Å². The van der Waals surface area contributed by atoms with Gasteiger partial charge in [-0.15, -0.1) is 0 Å². The molecule has 0 radical (unpaired) electrons. The Labute approximate surface area is 123 Å². The number of benzene rings is 1. The number of pyridine rings is 1. The van der Waals surface area contributed by atoms with Crippen molar-refractivity contribution in [2.45, 2.75) is 18.9 Å². The van der Waals surface area contributed by atoms with Crippen molar-refractivity contribution in [3.05, 3.63) is 36.0 Å². The Hall–Kier alpha value is -2.14. The number of ether oxygens (including phenoxy) is 1. The fourth-order valence-electron chi connectivity index (χ4n) is 2.59. The molecule has 1 aromatic heterocycles. The molecule has 1 aliphatic rings. The van der Waals surface area contributed by atoms with E-state index in [1.165, 1.54) is 0 Å². The number of carbonyl (C=O) groups excluding carboxylic acids is 1. The molecule has 5 heteroatoms. The number of hydrogen-bond donors (Lipinski definition) is 2. The summed E-state index contributed by atoms with van der Waals surface area (Å²) >= 11 is 0. The van der Waals surface area contributed by atoms with Gasteiger partial charge in [-0.3, -0.25) is 4.79 Å². The van der Waals surface area contributed by atoms with E-state index in [-0.39, 0.29) is 11.9 Å². The second kappa shape index (κ2) is 6.10. The fourth-order valence-corrected chi connectivity index (χ4v) is 2.59. The van der Waals surface area contributed by atoms with Crippen molar-refractivity contribution < 1.29 is 9.53 Å². The van der Waals surface area contributed by atoms with Crippen molar-refractivity contribution in [2.75, 3.05) is 20.2 Å². The highest BCUT2D eigenvalue weighted by molar-refractivity contribution is 5.95. The molecule has 110 valence electrons. The maximum absolute atomic E-state index is 12.3. The number of nitrogens with one attached hydrogen (secondary N) is 2. The van der Waals surface area contributed by atoms with E-state index in [0.717, 1.165) is 42.6 Å². The van der Waals surface area contributed by atoms with Gasteiger partial charge in [0, 0.05) is 18.0 Å². The SMILES string of the molecule is COc1ccc2nc(C(=O)N[C@H]3CCCNC3)ccc2c1. The Morgan fingerprint density at radius 1 is 1.38 bits per heavy atom. The second-order valence-electron chi connectivity index (χ2n) is 5.27. The average Bonchev–Trinajstić information content (AvgIpc) is 2.54. The lowest BCUT2D eigenvalue weighted by Gasteiger charge is -2.23. The molecule has 5 nitrogen and oxygen atoms in total. The molecule has 1 amide bonds. The van der Waals surface area contributed by atoms with E-state index in [2.05, 4.69) is 15.6 Å². The van der Waals surface area contributed by atoms with Gasteiger partial charge in [0.25, 0.3) is 5.91 Å². The van der Waals surface area contributed by atoms with E-state index in [1.807, 2.05) is 24.3 Å². The molecule has 1 aromatic carbocycles. The van der Waals surface area contributed by atoms with Crippen LogP contribution in [0, 0.1) is 0 Å². The van der Waals surface area contributed by atoms with Gasteiger partial charge in [0.1, 0.15) is 11.4 Å². The predicted octanol–water partition coefficient (Wildman–Crippen LogP) is 1.73. The summed E-state index contributed by atoms with van der Waals surface area (Å²) in [7, 11) is 1.63. The van der Waals surface area contributed by atoms with E-state index in [9.17, 15) is 4.79 Å². The van der Waals surface area contributed by atoms with Gasteiger partial charge in [-0.2, -0.15) is 0 Å². The number of piperidine rings is 1. The van der Waals surface area contributed by atoms with E-state index >= 15 is 0 Å². The second-order valence-corrected chi connectivity index (χ2v) is 5.27. The monoisotopic (exact) mass is 285 g/mol. The molecule has 1 fully saturated rings. The third kappa shape index (κ3) is 3.13. The molecule has 21 heavy (non-hydrogen) atoms. The summed E-state index contributed by atoms with van der Waals surface area (Å²) in [5, 5.41) is 7.28. The van der Waals surface area contributed by atoms with E-state index < -0.39 is 0 Å². The summed E-state index contributed by atoms with van der Waals surface area (Å²) in [6.07, 6.45) is 2.11. The molecule has 1 atom stereocenters. The van der Waals surface area contributed by atoms with Crippen LogP contribution in [0.25, 0.3) is 10.9 Å². The van der Waals surface area contributed by atoms with Gasteiger partial charge in [0.15, 0.2) is 0 Å². The van der Waals surface area contributed by atoms with Crippen LogP contribution in [0.1, 0.15) is 23.3 Å². The summed E-state index contributed by atoms with van der Waals surface area (Å²) in [5.41, 5.74) is 1.25. The van der Waals surface area contributed by atoms with Gasteiger partial charge >= 0.3 is 0 Å². The highest BCUT2D eigenvalue weighted by Gasteiger charge is 2.17. The van der Waals surface area contributed by atoms with Crippen LogP contribution >= 0.6 is 0 Å². The third-order valence-electron chi connectivity index (χ3n) is 3.76. The first-order chi connectivity index (χ1) is 10.3. The molecule has 0 spiro atoms. The Kier molecular flexibility index (Phi) is 4.01. The van der Waals surface area contributed by atoms with E-state index in [1.54, 1.807) is 13.2 Å². The van der Waals surface area contributed by atoms with Gasteiger partial charge in [-0.25, -0.2) is 4.98 Å².